The molecule has 0 aromatic heterocycles. The third-order valence-corrected chi connectivity index (χ3v) is 16.3. The van der Waals surface area contributed by atoms with Crippen LogP contribution < -0.4 is 5.32 Å². The van der Waals surface area contributed by atoms with Gasteiger partial charge in [-0.05, 0) is 102 Å². The molecule has 0 saturated heterocycles. The normalized spacial score (nSPS) is 14.1. The number of unbranched alkanes of at least 4 members (excludes halogenated alkanes) is 35. The number of allylic oxidation sites excluding steroid dienone is 13. The summed E-state index contributed by atoms with van der Waals surface area (Å²) in [7, 11) is 1.48. The summed E-state index contributed by atoms with van der Waals surface area (Å²) in [4.78, 5) is 37.8. The third kappa shape index (κ3) is 63.5. The molecule has 0 radical (unpaired) electrons. The van der Waals surface area contributed by atoms with Crippen LogP contribution in [0.2, 0.25) is 0 Å². The number of nitrogens with one attached hydrogen (secondary N) is 1. The second-order valence-electron chi connectivity index (χ2n) is 24.7. The molecule has 10 heteroatoms. The van der Waals surface area contributed by atoms with Crippen LogP contribution in [0.4, 0.5) is 0 Å². The molecular formula is C73H134N2O7P+. The Morgan fingerprint density at radius 1 is 0.434 bits per heavy atom. The Labute approximate surface area is 514 Å². The summed E-state index contributed by atoms with van der Waals surface area (Å²) < 4.78 is 30.8. The van der Waals surface area contributed by atoms with Crippen LogP contribution in [0.5, 0.6) is 0 Å². The molecule has 0 aliphatic rings. The molecule has 2 N–H and O–H groups in total. The van der Waals surface area contributed by atoms with Crippen LogP contribution in [0.3, 0.4) is 0 Å². The summed E-state index contributed by atoms with van der Waals surface area (Å²) in [6.45, 7) is 6.90. The summed E-state index contributed by atoms with van der Waals surface area (Å²) in [5.74, 6) is -0.521. The van der Waals surface area contributed by atoms with Gasteiger partial charge in [0.2, 0.25) is 5.91 Å². The van der Waals surface area contributed by atoms with Crippen molar-refractivity contribution >= 4 is 19.7 Å². The topological polar surface area (TPSA) is 111 Å². The molecule has 1 amide bonds. The zero-order valence-electron chi connectivity index (χ0n) is 55.2. The van der Waals surface area contributed by atoms with E-state index >= 15 is 0 Å². The number of ether oxygens (including phenoxy) is 1. The van der Waals surface area contributed by atoms with E-state index in [0.29, 0.717) is 17.4 Å². The average molecular weight is 1180 g/mol. The first-order valence-electron chi connectivity index (χ1n) is 34.9. The minimum atomic E-state index is -4.46. The predicted molar refractivity (Wildman–Crippen MR) is 360 cm³/mol. The van der Waals surface area contributed by atoms with Gasteiger partial charge in [0.1, 0.15) is 19.3 Å². The van der Waals surface area contributed by atoms with Gasteiger partial charge in [-0.25, -0.2) is 4.57 Å². The lowest BCUT2D eigenvalue weighted by molar-refractivity contribution is -0.870. The smallest absolute Gasteiger partial charge is 0.456 e. The number of amides is 1. The van der Waals surface area contributed by atoms with Crippen LogP contribution in [0.25, 0.3) is 0 Å². The second-order valence-corrected chi connectivity index (χ2v) is 26.1. The SMILES string of the molecule is CC/C=C\C/C=C\C/C=C\C/C=C\C/C=C\CCCCCCCC(=O)NC(COP(=O)(O)OCC[N+](C)(C)C)C(/C=C/CCCCCCCCCCC)OC(=O)CCCCCCCCCCCCCCCCC/C=C/CCCCCCCC. The Balaban J connectivity index is 5.07. The van der Waals surface area contributed by atoms with Gasteiger partial charge in [0.05, 0.1) is 33.8 Å². The largest absolute Gasteiger partial charge is 0.472 e. The van der Waals surface area contributed by atoms with E-state index in [1.54, 1.807) is 0 Å². The maximum atomic E-state index is 13.6. The summed E-state index contributed by atoms with van der Waals surface area (Å²) in [6.07, 6.45) is 83.1. The highest BCUT2D eigenvalue weighted by atomic mass is 31.2. The van der Waals surface area contributed by atoms with Gasteiger partial charge in [0.25, 0.3) is 0 Å². The van der Waals surface area contributed by atoms with Crippen LogP contribution in [-0.2, 0) is 27.9 Å². The summed E-state index contributed by atoms with van der Waals surface area (Å²) >= 11 is 0. The van der Waals surface area contributed by atoms with Gasteiger partial charge in [-0.2, -0.15) is 0 Å². The molecule has 482 valence electrons. The quantitative estimate of drug-likeness (QED) is 0.0205. The third-order valence-electron chi connectivity index (χ3n) is 15.3. The van der Waals surface area contributed by atoms with Gasteiger partial charge in [-0.15, -0.1) is 0 Å². The van der Waals surface area contributed by atoms with Crippen molar-refractivity contribution in [1.29, 1.82) is 0 Å². The Hall–Kier alpha value is -2.81. The van der Waals surface area contributed by atoms with E-state index in [4.69, 9.17) is 13.8 Å². The maximum absolute atomic E-state index is 13.6. The highest BCUT2D eigenvalue weighted by Crippen LogP contribution is 2.43. The zero-order valence-corrected chi connectivity index (χ0v) is 56.1. The van der Waals surface area contributed by atoms with Crippen LogP contribution in [-0.4, -0.2) is 74.3 Å². The molecule has 3 atom stereocenters. The van der Waals surface area contributed by atoms with Crippen LogP contribution in [0.1, 0.15) is 316 Å². The molecule has 3 unspecified atom stereocenters. The number of phosphoric acid groups is 1. The fraction of sp³-hybridized carbons (Fsp3) is 0.781. The number of likely N-dealkylation sites (N-methyl/N-ethyl adjacent to an activating group) is 1. The van der Waals surface area contributed by atoms with Gasteiger partial charge in [0.15, 0.2) is 0 Å². The Bertz CT molecular complexity index is 1700. The van der Waals surface area contributed by atoms with Crippen LogP contribution in [0.15, 0.2) is 85.1 Å². The Kier molecular flexibility index (Phi) is 60.1. The number of rotatable bonds is 63. The number of hydrogen-bond acceptors (Lipinski definition) is 6. The number of esters is 1. The molecule has 0 fully saturated rings. The van der Waals surface area contributed by atoms with Gasteiger partial charge in [-0.1, -0.05) is 286 Å². The molecule has 0 rings (SSSR count). The minimum absolute atomic E-state index is 0.0337. The van der Waals surface area contributed by atoms with E-state index < -0.39 is 20.0 Å². The molecule has 0 aliphatic heterocycles. The van der Waals surface area contributed by atoms with E-state index in [1.807, 2.05) is 33.3 Å². The number of carbonyl (C=O) groups excluding carboxylic acids is 2. The Morgan fingerprint density at radius 3 is 1.17 bits per heavy atom. The predicted octanol–water partition coefficient (Wildman–Crippen LogP) is 22.1. The monoisotopic (exact) mass is 1180 g/mol. The first kappa shape index (κ1) is 80.2. The first-order chi connectivity index (χ1) is 40.4. The second kappa shape index (κ2) is 62.2. The fourth-order valence-electron chi connectivity index (χ4n) is 9.96. The molecule has 0 bridgehead atoms. The van der Waals surface area contributed by atoms with Crippen LogP contribution >= 0.6 is 7.82 Å². The minimum Gasteiger partial charge on any atom is -0.456 e. The lowest BCUT2D eigenvalue weighted by Gasteiger charge is -2.27. The number of nitrogens with zero attached hydrogens (tertiary/aromatic N) is 1. The van der Waals surface area contributed by atoms with E-state index in [0.717, 1.165) is 109 Å². The average Bonchev–Trinajstić information content (AvgIpc) is 3.51. The van der Waals surface area contributed by atoms with Crippen molar-refractivity contribution in [3.63, 3.8) is 0 Å². The molecular weight excluding hydrogens is 1050 g/mol. The standard InChI is InChI=1S/C73H133N2O7P/c1-7-10-13-16-19-22-25-27-29-31-33-35-36-37-38-40-42-44-46-48-51-54-57-60-63-66-73(77)82-71(64-61-58-55-52-49-24-21-18-15-12-9-3)70(69-81-83(78,79)80-68-67-75(4,5)6)74-72(76)65-62-59-56-53-50-47-45-43-41-39-34-32-30-28-26-23-20-17-14-11-8-2/h11,14,20,23,27-30,34,39,43,45,61,64,70-71H,7-10,12-13,15-19,21-22,24-26,31-33,35-38,40-42,44,46-60,62-63,65-69H2,1-6H3,(H-,74,76,78,79)/p+1/b14-11-,23-20-,29-27+,30-28-,39-34-,45-43-,64-61+. The lowest BCUT2D eigenvalue weighted by Crippen LogP contribution is -2.47. The first-order valence-corrected chi connectivity index (χ1v) is 36.4. The fourth-order valence-corrected chi connectivity index (χ4v) is 10.7. The molecule has 0 saturated carbocycles. The van der Waals surface area contributed by atoms with E-state index in [2.05, 4.69) is 99.0 Å². The number of phosphoric ester groups is 1. The molecule has 9 nitrogen and oxygen atoms in total. The summed E-state index contributed by atoms with van der Waals surface area (Å²) in [6, 6.07) is -0.862. The highest BCUT2D eigenvalue weighted by Gasteiger charge is 2.30. The van der Waals surface area contributed by atoms with E-state index in [-0.39, 0.29) is 31.5 Å². The number of carbonyl (C=O) groups is 2. The lowest BCUT2D eigenvalue weighted by atomic mass is 10.0. The van der Waals surface area contributed by atoms with Crippen molar-refractivity contribution in [2.24, 2.45) is 0 Å². The van der Waals surface area contributed by atoms with Crippen LogP contribution in [0, 0.1) is 0 Å². The van der Waals surface area contributed by atoms with Crippen molar-refractivity contribution in [2.75, 3.05) is 40.9 Å². The van der Waals surface area contributed by atoms with Crippen molar-refractivity contribution in [2.45, 2.75) is 328 Å². The van der Waals surface area contributed by atoms with E-state index in [9.17, 15) is 19.0 Å². The summed E-state index contributed by atoms with van der Waals surface area (Å²) in [5.41, 5.74) is 0. The van der Waals surface area contributed by atoms with E-state index in [1.165, 1.54) is 173 Å². The molecule has 0 aromatic rings. The number of quaternary nitrogens is 1. The van der Waals surface area contributed by atoms with Gasteiger partial charge in [0, 0.05) is 12.8 Å². The van der Waals surface area contributed by atoms with Gasteiger partial charge < -0.3 is 19.4 Å². The van der Waals surface area contributed by atoms with Gasteiger partial charge in [-0.3, -0.25) is 18.6 Å². The molecule has 0 aromatic carbocycles. The van der Waals surface area contributed by atoms with Crippen molar-refractivity contribution in [3.8, 4) is 0 Å². The summed E-state index contributed by atoms with van der Waals surface area (Å²) in [5, 5.41) is 3.06. The highest BCUT2D eigenvalue weighted by molar-refractivity contribution is 7.47. The molecule has 0 spiro atoms. The molecule has 83 heavy (non-hydrogen) atoms. The molecule has 0 aliphatic carbocycles. The number of hydrogen-bond donors (Lipinski definition) is 2. The van der Waals surface area contributed by atoms with Gasteiger partial charge >= 0.3 is 13.8 Å². The molecule has 0 heterocycles. The Morgan fingerprint density at radius 2 is 0.771 bits per heavy atom. The van der Waals surface area contributed by atoms with Crippen molar-refractivity contribution in [3.05, 3.63) is 85.1 Å². The van der Waals surface area contributed by atoms with Crippen molar-refractivity contribution < 1.29 is 37.3 Å². The zero-order chi connectivity index (χ0) is 60.7. The maximum Gasteiger partial charge on any atom is 0.472 e. The van der Waals surface area contributed by atoms with Crippen molar-refractivity contribution in [1.82, 2.24) is 5.32 Å².